The van der Waals surface area contributed by atoms with Gasteiger partial charge in [-0.25, -0.2) is 5.43 Å². The number of nitrogens with one attached hydrogen (secondary N) is 1. The summed E-state index contributed by atoms with van der Waals surface area (Å²) in [6.07, 6.45) is 1.54. The number of halogens is 1. The smallest absolute Gasteiger partial charge is 0.271 e. The normalized spacial score (nSPS) is 10.7. The molecule has 0 spiro atoms. The highest BCUT2D eigenvalue weighted by atomic mass is 35.5. The van der Waals surface area contributed by atoms with Crippen molar-refractivity contribution in [2.24, 2.45) is 5.10 Å². The molecule has 0 unspecified atom stereocenters. The Morgan fingerprint density at radius 1 is 1.07 bits per heavy atom. The Balaban J connectivity index is 1.63. The summed E-state index contributed by atoms with van der Waals surface area (Å²) in [6, 6.07) is 20.1. The van der Waals surface area contributed by atoms with Crippen LogP contribution >= 0.6 is 11.6 Å². The maximum atomic E-state index is 12.1. The second-order valence-electron chi connectivity index (χ2n) is 6.33. The van der Waals surface area contributed by atoms with E-state index in [-0.39, 0.29) is 5.91 Å². The Kier molecular flexibility index (Phi) is 6.87. The predicted octanol–water partition coefficient (Wildman–Crippen LogP) is 5.00. The molecule has 0 aliphatic heterocycles. The van der Waals surface area contributed by atoms with E-state index in [1.165, 1.54) is 5.56 Å². The van der Waals surface area contributed by atoms with Gasteiger partial charge in [0.25, 0.3) is 5.91 Å². The van der Waals surface area contributed by atoms with Crippen molar-refractivity contribution in [3.05, 3.63) is 94.0 Å². The van der Waals surface area contributed by atoms with E-state index in [0.717, 1.165) is 11.1 Å². The fraction of sp³-hybridized carbons (Fsp3) is 0.130. The summed E-state index contributed by atoms with van der Waals surface area (Å²) < 4.78 is 11.3. The van der Waals surface area contributed by atoms with Crippen LogP contribution in [0.3, 0.4) is 0 Å². The molecule has 0 saturated carbocycles. The Morgan fingerprint density at radius 3 is 2.55 bits per heavy atom. The zero-order valence-corrected chi connectivity index (χ0v) is 16.9. The number of nitrogens with zero attached hydrogens (tertiary/aromatic N) is 1. The molecule has 0 bridgehead atoms. The van der Waals surface area contributed by atoms with Crippen molar-refractivity contribution >= 4 is 23.7 Å². The number of carbonyl (C=O) groups excluding carboxylic acids is 1. The summed E-state index contributed by atoms with van der Waals surface area (Å²) in [4.78, 5) is 12.1. The average molecular weight is 409 g/mol. The van der Waals surface area contributed by atoms with E-state index in [1.807, 2.05) is 43.3 Å². The summed E-state index contributed by atoms with van der Waals surface area (Å²) in [5, 5.41) is 4.57. The summed E-state index contributed by atoms with van der Waals surface area (Å²) in [7, 11) is 1.58. The molecular formula is C23H21ClN2O3. The van der Waals surface area contributed by atoms with E-state index >= 15 is 0 Å². The second-order valence-corrected chi connectivity index (χ2v) is 6.77. The van der Waals surface area contributed by atoms with Crippen LogP contribution in [0.1, 0.15) is 27.0 Å². The molecule has 0 aromatic heterocycles. The molecule has 0 saturated heterocycles. The molecule has 3 aromatic carbocycles. The summed E-state index contributed by atoms with van der Waals surface area (Å²) in [5.41, 5.74) is 6.02. The van der Waals surface area contributed by atoms with Crippen LogP contribution in [0.5, 0.6) is 11.5 Å². The molecule has 0 radical (unpaired) electrons. The molecule has 0 aliphatic rings. The van der Waals surface area contributed by atoms with Gasteiger partial charge in [0.2, 0.25) is 0 Å². The number of carbonyl (C=O) groups is 1. The van der Waals surface area contributed by atoms with Gasteiger partial charge in [0.05, 0.1) is 13.3 Å². The minimum absolute atomic E-state index is 0.317. The molecule has 6 heteroatoms. The number of ether oxygens (including phenoxy) is 2. The van der Waals surface area contributed by atoms with E-state index in [4.69, 9.17) is 21.1 Å². The number of hydrazone groups is 1. The third-order valence-electron chi connectivity index (χ3n) is 4.32. The van der Waals surface area contributed by atoms with Crippen LogP contribution in [0.25, 0.3) is 0 Å². The maximum absolute atomic E-state index is 12.1. The summed E-state index contributed by atoms with van der Waals surface area (Å²) in [6.45, 7) is 2.50. The lowest BCUT2D eigenvalue weighted by molar-refractivity contribution is 0.0955. The number of rotatable bonds is 7. The minimum Gasteiger partial charge on any atom is -0.493 e. The molecule has 148 valence electrons. The lowest BCUT2D eigenvalue weighted by Gasteiger charge is -2.12. The van der Waals surface area contributed by atoms with Crippen LogP contribution in [-0.4, -0.2) is 19.2 Å². The van der Waals surface area contributed by atoms with Crippen LogP contribution in [0.4, 0.5) is 0 Å². The molecule has 0 heterocycles. The van der Waals surface area contributed by atoms with Crippen molar-refractivity contribution in [3.63, 3.8) is 0 Å². The summed E-state index contributed by atoms with van der Waals surface area (Å²) in [5.74, 6) is 0.910. The largest absolute Gasteiger partial charge is 0.493 e. The van der Waals surface area contributed by atoms with Gasteiger partial charge in [-0.2, -0.15) is 5.10 Å². The standard InChI is InChI=1S/C23H21ClN2O3/c1-16-5-3-4-6-19(16)15-29-21-12-7-17(13-22(21)28-2)14-25-26-23(27)18-8-10-20(24)11-9-18/h3-14H,15H2,1-2H3,(H,26,27)/b25-14+. The molecule has 5 nitrogen and oxygen atoms in total. The van der Waals surface area contributed by atoms with Crippen LogP contribution in [-0.2, 0) is 6.61 Å². The van der Waals surface area contributed by atoms with E-state index in [2.05, 4.69) is 10.5 Å². The Bertz CT molecular complexity index is 1020. The van der Waals surface area contributed by atoms with Crippen LogP contribution in [0, 0.1) is 6.92 Å². The van der Waals surface area contributed by atoms with Crippen LogP contribution < -0.4 is 14.9 Å². The molecule has 0 fully saturated rings. The number of methoxy groups -OCH3 is 1. The Labute approximate surface area is 174 Å². The van der Waals surface area contributed by atoms with Gasteiger partial charge in [-0.1, -0.05) is 35.9 Å². The van der Waals surface area contributed by atoms with Gasteiger partial charge in [0, 0.05) is 10.6 Å². The fourth-order valence-electron chi connectivity index (χ4n) is 2.64. The number of hydrogen-bond donors (Lipinski definition) is 1. The molecule has 3 aromatic rings. The van der Waals surface area contributed by atoms with Crippen LogP contribution in [0.15, 0.2) is 71.8 Å². The van der Waals surface area contributed by atoms with Crippen molar-refractivity contribution in [3.8, 4) is 11.5 Å². The second kappa shape index (κ2) is 9.75. The van der Waals surface area contributed by atoms with E-state index in [9.17, 15) is 4.79 Å². The first-order valence-electron chi connectivity index (χ1n) is 9.01. The highest BCUT2D eigenvalue weighted by molar-refractivity contribution is 6.30. The van der Waals surface area contributed by atoms with E-state index in [0.29, 0.717) is 28.7 Å². The van der Waals surface area contributed by atoms with Crippen molar-refractivity contribution in [1.29, 1.82) is 0 Å². The maximum Gasteiger partial charge on any atom is 0.271 e. The van der Waals surface area contributed by atoms with Gasteiger partial charge in [0.15, 0.2) is 11.5 Å². The van der Waals surface area contributed by atoms with Gasteiger partial charge >= 0.3 is 0 Å². The topological polar surface area (TPSA) is 59.9 Å². The predicted molar refractivity (Wildman–Crippen MR) is 115 cm³/mol. The summed E-state index contributed by atoms with van der Waals surface area (Å²) >= 11 is 5.82. The third-order valence-corrected chi connectivity index (χ3v) is 4.57. The Morgan fingerprint density at radius 2 is 1.83 bits per heavy atom. The first kappa shape index (κ1) is 20.4. The number of amides is 1. The number of benzene rings is 3. The van der Waals surface area contributed by atoms with Gasteiger partial charge in [-0.15, -0.1) is 0 Å². The molecule has 1 N–H and O–H groups in total. The molecule has 0 atom stereocenters. The lowest BCUT2D eigenvalue weighted by Crippen LogP contribution is -2.17. The monoisotopic (exact) mass is 408 g/mol. The molecule has 29 heavy (non-hydrogen) atoms. The lowest BCUT2D eigenvalue weighted by atomic mass is 10.1. The first-order valence-corrected chi connectivity index (χ1v) is 9.39. The fourth-order valence-corrected chi connectivity index (χ4v) is 2.77. The quantitative estimate of drug-likeness (QED) is 0.442. The van der Waals surface area contributed by atoms with Crippen LogP contribution in [0.2, 0.25) is 5.02 Å². The zero-order chi connectivity index (χ0) is 20.6. The van der Waals surface area contributed by atoms with Crippen molar-refractivity contribution in [2.75, 3.05) is 7.11 Å². The van der Waals surface area contributed by atoms with Crippen molar-refractivity contribution < 1.29 is 14.3 Å². The average Bonchev–Trinajstić information content (AvgIpc) is 2.74. The molecule has 3 rings (SSSR count). The first-order chi connectivity index (χ1) is 14.1. The van der Waals surface area contributed by atoms with Gasteiger partial charge < -0.3 is 9.47 Å². The molecule has 0 aliphatic carbocycles. The zero-order valence-electron chi connectivity index (χ0n) is 16.2. The van der Waals surface area contributed by atoms with Crippen molar-refractivity contribution in [2.45, 2.75) is 13.5 Å². The third kappa shape index (κ3) is 5.59. The Hall–Kier alpha value is -3.31. The SMILES string of the molecule is COc1cc(/C=N/NC(=O)c2ccc(Cl)cc2)ccc1OCc1ccccc1C. The molecular weight excluding hydrogens is 388 g/mol. The highest BCUT2D eigenvalue weighted by Crippen LogP contribution is 2.28. The van der Waals surface area contributed by atoms with Gasteiger partial charge in [0.1, 0.15) is 6.61 Å². The molecule has 1 amide bonds. The number of aryl methyl sites for hydroxylation is 1. The van der Waals surface area contributed by atoms with E-state index < -0.39 is 0 Å². The number of hydrogen-bond acceptors (Lipinski definition) is 4. The minimum atomic E-state index is -0.317. The van der Waals surface area contributed by atoms with E-state index in [1.54, 1.807) is 43.7 Å². The van der Waals surface area contributed by atoms with Crippen molar-refractivity contribution in [1.82, 2.24) is 5.43 Å². The highest BCUT2D eigenvalue weighted by Gasteiger charge is 2.07. The van der Waals surface area contributed by atoms with Gasteiger partial charge in [-0.05, 0) is 66.1 Å². The van der Waals surface area contributed by atoms with Gasteiger partial charge in [-0.3, -0.25) is 4.79 Å².